The second kappa shape index (κ2) is 11.2. The molecular weight excluding hydrogens is 498 g/mol. The fraction of sp³-hybridized carbons (Fsp3) is 0.207. The molecule has 4 N–H and O–H groups in total. The van der Waals surface area contributed by atoms with Crippen LogP contribution in [0.4, 0.5) is 5.69 Å². The highest BCUT2D eigenvalue weighted by molar-refractivity contribution is 6.11. The topological polar surface area (TPSA) is 148 Å². The molecule has 4 rings (SSSR count). The number of nitrogens with one attached hydrogen (secondary N) is 2. The Kier molecular flexibility index (Phi) is 7.75. The monoisotopic (exact) mass is 527 g/mol. The first kappa shape index (κ1) is 27.1. The zero-order valence-corrected chi connectivity index (χ0v) is 21.9. The van der Waals surface area contributed by atoms with Crippen LogP contribution in [0.3, 0.4) is 0 Å². The molecule has 0 bridgehead atoms. The number of pyridine rings is 1. The van der Waals surface area contributed by atoms with Gasteiger partial charge in [-0.2, -0.15) is 0 Å². The zero-order valence-electron chi connectivity index (χ0n) is 21.9. The van der Waals surface area contributed by atoms with Gasteiger partial charge in [-0.25, -0.2) is 9.78 Å². The number of carbonyl (C=O) groups is 3. The van der Waals surface area contributed by atoms with Crippen molar-refractivity contribution < 1.29 is 23.9 Å². The lowest BCUT2D eigenvalue weighted by molar-refractivity contribution is 0.0594. The predicted molar refractivity (Wildman–Crippen MR) is 148 cm³/mol. The third-order valence-corrected chi connectivity index (χ3v) is 6.49. The third kappa shape index (κ3) is 5.64. The number of nitrogens with two attached hydrogens (primary N) is 1. The number of anilines is 1. The molecule has 2 amide bonds. The number of rotatable bonds is 9. The summed E-state index contributed by atoms with van der Waals surface area (Å²) < 4.78 is 10.5. The van der Waals surface area contributed by atoms with Crippen molar-refractivity contribution in [2.24, 2.45) is 5.73 Å². The van der Waals surface area contributed by atoms with Gasteiger partial charge in [-0.1, -0.05) is 12.7 Å². The summed E-state index contributed by atoms with van der Waals surface area (Å²) in [5.41, 5.74) is 7.90. The maximum atomic E-state index is 13.5. The smallest absolute Gasteiger partial charge is 0.357 e. The highest BCUT2D eigenvalue weighted by Gasteiger charge is 2.32. The van der Waals surface area contributed by atoms with Crippen molar-refractivity contribution in [3.05, 3.63) is 83.2 Å². The van der Waals surface area contributed by atoms with Crippen LogP contribution in [0, 0.1) is 5.41 Å². The van der Waals surface area contributed by atoms with E-state index in [4.69, 9.17) is 20.6 Å². The van der Waals surface area contributed by atoms with Crippen LogP contribution >= 0.6 is 0 Å². The van der Waals surface area contributed by atoms with Crippen molar-refractivity contribution in [1.82, 2.24) is 9.88 Å². The summed E-state index contributed by atoms with van der Waals surface area (Å²) in [5.74, 6) is -1.20. The van der Waals surface area contributed by atoms with Crippen molar-refractivity contribution in [2.45, 2.75) is 18.9 Å². The Morgan fingerprint density at radius 3 is 2.36 bits per heavy atom. The van der Waals surface area contributed by atoms with E-state index in [0.717, 1.165) is 12.8 Å². The number of amides is 2. The lowest BCUT2D eigenvalue weighted by atomic mass is 9.94. The first-order valence-electron chi connectivity index (χ1n) is 12.2. The highest BCUT2D eigenvalue weighted by Crippen LogP contribution is 2.35. The lowest BCUT2D eigenvalue weighted by Gasteiger charge is -2.18. The number of esters is 1. The van der Waals surface area contributed by atoms with Crippen LogP contribution in [0.2, 0.25) is 0 Å². The molecule has 1 aromatic heterocycles. The van der Waals surface area contributed by atoms with Crippen LogP contribution in [0.15, 0.2) is 55.1 Å². The van der Waals surface area contributed by atoms with Gasteiger partial charge in [0.25, 0.3) is 11.8 Å². The molecule has 200 valence electrons. The first-order chi connectivity index (χ1) is 18.7. The van der Waals surface area contributed by atoms with Gasteiger partial charge in [0.2, 0.25) is 0 Å². The second-order valence-electron chi connectivity index (χ2n) is 9.02. The summed E-state index contributed by atoms with van der Waals surface area (Å²) >= 11 is 0. The molecule has 39 heavy (non-hydrogen) atoms. The molecule has 0 atom stereocenters. The van der Waals surface area contributed by atoms with Crippen LogP contribution < -0.4 is 15.8 Å². The molecule has 0 unspecified atom stereocenters. The van der Waals surface area contributed by atoms with Crippen molar-refractivity contribution in [1.29, 1.82) is 5.41 Å². The van der Waals surface area contributed by atoms with Gasteiger partial charge in [-0.3, -0.25) is 15.0 Å². The lowest BCUT2D eigenvalue weighted by Crippen LogP contribution is -2.30. The second-order valence-corrected chi connectivity index (χ2v) is 9.02. The van der Waals surface area contributed by atoms with E-state index in [9.17, 15) is 14.4 Å². The van der Waals surface area contributed by atoms with Crippen LogP contribution in [-0.4, -0.2) is 60.8 Å². The molecular formula is C29H29N5O5. The van der Waals surface area contributed by atoms with Gasteiger partial charge >= 0.3 is 5.97 Å². The van der Waals surface area contributed by atoms with Crippen molar-refractivity contribution in [3.63, 3.8) is 0 Å². The Labute approximate surface area is 225 Å². The third-order valence-electron chi connectivity index (χ3n) is 6.49. The van der Waals surface area contributed by atoms with Crippen LogP contribution in [0.5, 0.6) is 5.75 Å². The van der Waals surface area contributed by atoms with Crippen molar-refractivity contribution >= 4 is 35.4 Å². The number of carbonyl (C=O) groups excluding carboxylic acids is 3. The minimum absolute atomic E-state index is 0.0889. The quantitative estimate of drug-likeness (QED) is 0.217. The standard InChI is InChI=1S/C29H29N5O5/c1-5-16-14-22(27(35)32-18-8-6-17(7-9-18)26(30)31)21(15-24(16)38-3)20-12-13-23(33-25(20)29(37)39-4)28(36)34(2)19-10-11-19/h5-9,12-15,19H,1,10-11H2,2-4H3,(H3,30,31)(H,32,35). The molecule has 1 fully saturated rings. The molecule has 1 aliphatic rings. The number of nitrogens with zero attached hydrogens (tertiary/aromatic N) is 2. The van der Waals surface area contributed by atoms with Crippen LogP contribution in [0.1, 0.15) is 55.3 Å². The number of hydrogen-bond donors (Lipinski definition) is 3. The Balaban J connectivity index is 1.82. The number of nitrogen functional groups attached to an aromatic ring is 1. The molecule has 2 aromatic carbocycles. The molecule has 10 heteroatoms. The first-order valence-corrected chi connectivity index (χ1v) is 12.2. The van der Waals surface area contributed by atoms with Gasteiger partial charge < -0.3 is 25.4 Å². The summed E-state index contributed by atoms with van der Waals surface area (Å²) in [6.07, 6.45) is 3.40. The average molecular weight is 528 g/mol. The van der Waals surface area contributed by atoms with E-state index in [0.29, 0.717) is 33.7 Å². The fourth-order valence-corrected chi connectivity index (χ4v) is 4.13. The number of methoxy groups -OCH3 is 2. The van der Waals surface area contributed by atoms with Crippen molar-refractivity contribution in [3.8, 4) is 16.9 Å². The number of ether oxygens (including phenoxy) is 2. The minimum atomic E-state index is -0.758. The highest BCUT2D eigenvalue weighted by atomic mass is 16.5. The summed E-state index contributed by atoms with van der Waals surface area (Å²) in [4.78, 5) is 45.3. The summed E-state index contributed by atoms with van der Waals surface area (Å²) in [7, 11) is 4.41. The summed E-state index contributed by atoms with van der Waals surface area (Å²) in [5, 5.41) is 10.4. The van der Waals surface area contributed by atoms with Gasteiger partial charge in [0.15, 0.2) is 5.69 Å². The molecule has 3 aromatic rings. The van der Waals surface area contributed by atoms with E-state index < -0.39 is 11.9 Å². The molecule has 0 radical (unpaired) electrons. The fourth-order valence-electron chi connectivity index (χ4n) is 4.13. The Morgan fingerprint density at radius 2 is 1.79 bits per heavy atom. The summed E-state index contributed by atoms with van der Waals surface area (Å²) in [6, 6.07) is 13.0. The maximum Gasteiger partial charge on any atom is 0.357 e. The Bertz CT molecular complexity index is 1480. The number of aromatic nitrogens is 1. The van der Waals surface area contributed by atoms with E-state index >= 15 is 0 Å². The zero-order chi connectivity index (χ0) is 28.3. The van der Waals surface area contributed by atoms with E-state index in [1.807, 2.05) is 0 Å². The van der Waals surface area contributed by atoms with Gasteiger partial charge in [0, 0.05) is 46.6 Å². The molecule has 1 aliphatic carbocycles. The minimum Gasteiger partial charge on any atom is -0.496 e. The van der Waals surface area contributed by atoms with E-state index in [-0.39, 0.29) is 34.7 Å². The Hall–Kier alpha value is -4.99. The molecule has 10 nitrogen and oxygen atoms in total. The molecule has 0 saturated heterocycles. The molecule has 0 spiro atoms. The van der Waals surface area contributed by atoms with E-state index in [1.54, 1.807) is 60.5 Å². The van der Waals surface area contributed by atoms with Crippen molar-refractivity contribution in [2.75, 3.05) is 26.6 Å². The van der Waals surface area contributed by atoms with Gasteiger partial charge in [-0.15, -0.1) is 0 Å². The van der Waals surface area contributed by atoms with Gasteiger partial charge in [0.05, 0.1) is 14.2 Å². The average Bonchev–Trinajstić information content (AvgIpc) is 3.81. The normalized spacial score (nSPS) is 12.3. The molecule has 0 aliphatic heterocycles. The maximum absolute atomic E-state index is 13.5. The van der Waals surface area contributed by atoms with E-state index in [2.05, 4.69) is 16.9 Å². The number of amidine groups is 1. The predicted octanol–water partition coefficient (Wildman–Crippen LogP) is 3.96. The Morgan fingerprint density at radius 1 is 1.10 bits per heavy atom. The van der Waals surface area contributed by atoms with Gasteiger partial charge in [-0.05, 0) is 61.4 Å². The molecule has 1 saturated carbocycles. The number of benzene rings is 2. The van der Waals surface area contributed by atoms with Crippen LogP contribution in [0.25, 0.3) is 17.2 Å². The largest absolute Gasteiger partial charge is 0.496 e. The molecule has 1 heterocycles. The van der Waals surface area contributed by atoms with E-state index in [1.165, 1.54) is 20.3 Å². The summed E-state index contributed by atoms with van der Waals surface area (Å²) in [6.45, 7) is 3.81. The SMILES string of the molecule is C=Cc1cc(C(=O)Nc2ccc(C(=N)N)cc2)c(-c2ccc(C(=O)N(C)C3CC3)nc2C(=O)OC)cc1OC. The van der Waals surface area contributed by atoms with Gasteiger partial charge in [0.1, 0.15) is 17.3 Å². The number of hydrogen-bond acceptors (Lipinski definition) is 7. The van der Waals surface area contributed by atoms with Crippen LogP contribution in [-0.2, 0) is 4.74 Å².